The van der Waals surface area contributed by atoms with Crippen LogP contribution in [0.4, 0.5) is 8.78 Å². The van der Waals surface area contributed by atoms with E-state index < -0.39 is 23.6 Å². The number of amides is 1. The first-order chi connectivity index (χ1) is 7.04. The summed E-state index contributed by atoms with van der Waals surface area (Å²) in [6, 6.07) is 2.68. The van der Waals surface area contributed by atoms with Crippen molar-refractivity contribution in [3.05, 3.63) is 35.4 Å². The predicted octanol–water partition coefficient (Wildman–Crippen LogP) is 2.38. The van der Waals surface area contributed by atoms with Crippen LogP contribution < -0.4 is 5.32 Å². The van der Waals surface area contributed by atoms with E-state index in [1.807, 2.05) is 0 Å². The lowest BCUT2D eigenvalue weighted by Crippen LogP contribution is -2.28. The number of benzene rings is 1. The van der Waals surface area contributed by atoms with Crippen LogP contribution in [0.2, 0.25) is 0 Å². The fraction of sp³-hybridized carbons (Fsp3) is 0.300. The monoisotopic (exact) mass is 233 g/mol. The average molecular weight is 234 g/mol. The summed E-state index contributed by atoms with van der Waals surface area (Å²) in [6.07, 6.45) is 0. The molecular weight excluding hydrogens is 224 g/mol. The summed E-state index contributed by atoms with van der Waals surface area (Å²) in [7, 11) is 0. The molecule has 2 nitrogen and oxygen atoms in total. The van der Waals surface area contributed by atoms with Gasteiger partial charge in [0.05, 0.1) is 6.04 Å². The summed E-state index contributed by atoms with van der Waals surface area (Å²) in [5, 5.41) is 2.47. The second-order valence-electron chi connectivity index (χ2n) is 3.09. The van der Waals surface area contributed by atoms with E-state index in [1.54, 1.807) is 6.92 Å². The summed E-state index contributed by atoms with van der Waals surface area (Å²) in [4.78, 5) is 10.9. The molecular formula is C10H10ClF2NO. The van der Waals surface area contributed by atoms with Crippen LogP contribution in [-0.4, -0.2) is 11.8 Å². The van der Waals surface area contributed by atoms with Crippen molar-refractivity contribution in [2.24, 2.45) is 0 Å². The third-order valence-corrected chi connectivity index (χ3v) is 2.17. The fourth-order valence-electron chi connectivity index (χ4n) is 1.21. The number of halogens is 3. The van der Waals surface area contributed by atoms with Gasteiger partial charge in [0, 0.05) is 11.6 Å². The van der Waals surface area contributed by atoms with Gasteiger partial charge in [-0.15, -0.1) is 11.6 Å². The van der Waals surface area contributed by atoms with E-state index in [-0.39, 0.29) is 11.4 Å². The largest absolute Gasteiger partial charge is 0.348 e. The van der Waals surface area contributed by atoms with E-state index in [0.29, 0.717) is 0 Å². The molecule has 15 heavy (non-hydrogen) atoms. The molecule has 1 atom stereocenters. The van der Waals surface area contributed by atoms with Crippen LogP contribution in [0, 0.1) is 11.6 Å². The van der Waals surface area contributed by atoms with Crippen LogP contribution in [0.3, 0.4) is 0 Å². The Morgan fingerprint density at radius 3 is 2.73 bits per heavy atom. The Labute approximate surface area is 91.2 Å². The first-order valence-corrected chi connectivity index (χ1v) is 4.88. The third-order valence-electron chi connectivity index (χ3n) is 1.93. The van der Waals surface area contributed by atoms with Crippen LogP contribution in [0.15, 0.2) is 18.2 Å². The van der Waals surface area contributed by atoms with Gasteiger partial charge in [-0.3, -0.25) is 4.79 Å². The van der Waals surface area contributed by atoms with Crippen molar-refractivity contribution in [3.8, 4) is 0 Å². The maximum Gasteiger partial charge on any atom is 0.235 e. The van der Waals surface area contributed by atoms with E-state index in [1.165, 1.54) is 6.07 Å². The lowest BCUT2D eigenvalue weighted by Gasteiger charge is -2.14. The molecule has 0 aromatic heterocycles. The van der Waals surface area contributed by atoms with Gasteiger partial charge >= 0.3 is 0 Å². The van der Waals surface area contributed by atoms with Gasteiger partial charge in [0.2, 0.25) is 5.91 Å². The standard InChI is InChI=1S/C10H10ClF2NO/c1-6(14-10(15)5-11)8-3-2-7(12)4-9(8)13/h2-4,6H,5H2,1H3,(H,14,15). The van der Waals surface area contributed by atoms with Crippen molar-refractivity contribution in [2.75, 3.05) is 5.88 Å². The summed E-state index contributed by atoms with van der Waals surface area (Å²) in [5.41, 5.74) is 0.231. The molecule has 1 aromatic carbocycles. The Kier molecular flexibility index (Phi) is 4.03. The SMILES string of the molecule is CC(NC(=O)CCl)c1ccc(F)cc1F. The molecule has 1 amide bonds. The molecule has 0 spiro atoms. The molecule has 0 aliphatic carbocycles. The van der Waals surface area contributed by atoms with E-state index in [4.69, 9.17) is 11.6 Å². The molecule has 5 heteroatoms. The molecule has 1 unspecified atom stereocenters. The van der Waals surface area contributed by atoms with Crippen molar-refractivity contribution in [2.45, 2.75) is 13.0 Å². The normalized spacial score (nSPS) is 12.3. The molecule has 0 heterocycles. The Morgan fingerprint density at radius 1 is 1.53 bits per heavy atom. The van der Waals surface area contributed by atoms with Gasteiger partial charge in [0.25, 0.3) is 0 Å². The Morgan fingerprint density at radius 2 is 2.20 bits per heavy atom. The molecule has 0 saturated heterocycles. The second-order valence-corrected chi connectivity index (χ2v) is 3.36. The van der Waals surface area contributed by atoms with E-state index in [0.717, 1.165) is 12.1 Å². The first-order valence-electron chi connectivity index (χ1n) is 4.35. The molecule has 0 saturated carbocycles. The highest BCUT2D eigenvalue weighted by Crippen LogP contribution is 2.17. The minimum Gasteiger partial charge on any atom is -0.348 e. The maximum absolute atomic E-state index is 13.2. The number of hydrogen-bond acceptors (Lipinski definition) is 1. The lowest BCUT2D eigenvalue weighted by atomic mass is 10.1. The number of rotatable bonds is 3. The molecule has 0 radical (unpaired) electrons. The van der Waals surface area contributed by atoms with Crippen LogP contribution in [0.5, 0.6) is 0 Å². The van der Waals surface area contributed by atoms with Crippen molar-refractivity contribution in [3.63, 3.8) is 0 Å². The number of carbonyl (C=O) groups excluding carboxylic acids is 1. The minimum absolute atomic E-state index is 0.187. The highest BCUT2D eigenvalue weighted by Gasteiger charge is 2.13. The summed E-state index contributed by atoms with van der Waals surface area (Å²) < 4.78 is 25.8. The van der Waals surface area contributed by atoms with Gasteiger partial charge in [-0.2, -0.15) is 0 Å². The van der Waals surface area contributed by atoms with Crippen molar-refractivity contribution < 1.29 is 13.6 Å². The lowest BCUT2D eigenvalue weighted by molar-refractivity contribution is -0.119. The molecule has 0 fully saturated rings. The van der Waals surface area contributed by atoms with E-state index in [9.17, 15) is 13.6 Å². The number of alkyl halides is 1. The fourth-order valence-corrected chi connectivity index (χ4v) is 1.29. The van der Waals surface area contributed by atoms with E-state index in [2.05, 4.69) is 5.32 Å². The topological polar surface area (TPSA) is 29.1 Å². The zero-order valence-electron chi connectivity index (χ0n) is 8.06. The van der Waals surface area contributed by atoms with Gasteiger partial charge in [-0.05, 0) is 13.0 Å². The van der Waals surface area contributed by atoms with Crippen LogP contribution in [0.1, 0.15) is 18.5 Å². The average Bonchev–Trinajstić information content (AvgIpc) is 2.17. The van der Waals surface area contributed by atoms with Gasteiger partial charge in [0.15, 0.2) is 0 Å². The number of carbonyl (C=O) groups is 1. The van der Waals surface area contributed by atoms with Crippen molar-refractivity contribution in [1.82, 2.24) is 5.32 Å². The molecule has 1 rings (SSSR count). The number of nitrogens with one attached hydrogen (secondary N) is 1. The van der Waals surface area contributed by atoms with Gasteiger partial charge in [-0.25, -0.2) is 8.78 Å². The minimum atomic E-state index is -0.683. The van der Waals surface area contributed by atoms with Gasteiger partial charge in [0.1, 0.15) is 17.5 Å². The van der Waals surface area contributed by atoms with Crippen LogP contribution >= 0.6 is 11.6 Å². The Hall–Kier alpha value is -1.16. The highest BCUT2D eigenvalue weighted by molar-refractivity contribution is 6.27. The van der Waals surface area contributed by atoms with E-state index >= 15 is 0 Å². The molecule has 0 aliphatic heterocycles. The molecule has 0 aliphatic rings. The quantitative estimate of drug-likeness (QED) is 0.798. The predicted molar refractivity (Wildman–Crippen MR) is 53.6 cm³/mol. The van der Waals surface area contributed by atoms with Crippen LogP contribution in [-0.2, 0) is 4.79 Å². The smallest absolute Gasteiger partial charge is 0.235 e. The zero-order chi connectivity index (χ0) is 11.4. The number of hydrogen-bond donors (Lipinski definition) is 1. The van der Waals surface area contributed by atoms with Crippen molar-refractivity contribution in [1.29, 1.82) is 0 Å². The van der Waals surface area contributed by atoms with Gasteiger partial charge < -0.3 is 5.32 Å². The Balaban J connectivity index is 2.82. The van der Waals surface area contributed by atoms with Crippen LogP contribution in [0.25, 0.3) is 0 Å². The molecule has 0 bridgehead atoms. The van der Waals surface area contributed by atoms with Crippen molar-refractivity contribution >= 4 is 17.5 Å². The second kappa shape index (κ2) is 5.07. The van der Waals surface area contributed by atoms with Gasteiger partial charge in [-0.1, -0.05) is 6.07 Å². The first kappa shape index (κ1) is 11.9. The maximum atomic E-state index is 13.2. The Bertz CT molecular complexity index is 370. The highest BCUT2D eigenvalue weighted by atomic mass is 35.5. The third kappa shape index (κ3) is 3.16. The molecule has 1 N–H and O–H groups in total. The summed E-state index contributed by atoms with van der Waals surface area (Å²) in [6.45, 7) is 1.60. The summed E-state index contributed by atoms with van der Waals surface area (Å²) >= 11 is 5.28. The molecule has 1 aromatic rings. The summed E-state index contributed by atoms with van der Waals surface area (Å²) in [5.74, 6) is -1.91. The molecule has 82 valence electrons. The zero-order valence-corrected chi connectivity index (χ0v) is 8.81.